The smallest absolute Gasteiger partial charge is 0.123 e. The number of nitrogens with one attached hydrogen (secondary N) is 1. The summed E-state index contributed by atoms with van der Waals surface area (Å²) in [5.41, 5.74) is 1.14. The molecule has 0 aliphatic heterocycles. The molecule has 0 fully saturated rings. The first-order chi connectivity index (χ1) is 7.75. The van der Waals surface area contributed by atoms with Crippen LogP contribution in [0.2, 0.25) is 0 Å². The maximum Gasteiger partial charge on any atom is 0.123 e. The van der Waals surface area contributed by atoms with Crippen molar-refractivity contribution < 1.29 is 4.39 Å². The van der Waals surface area contributed by atoms with E-state index in [2.05, 4.69) is 24.4 Å². The van der Waals surface area contributed by atoms with Crippen molar-refractivity contribution in [2.45, 2.75) is 38.3 Å². The minimum absolute atomic E-state index is 0.173. The molecular weight excluding hydrogens is 201 g/mol. The Morgan fingerprint density at radius 2 is 2.06 bits per heavy atom. The minimum Gasteiger partial charge on any atom is -0.304 e. The number of hydrogen-bond acceptors (Lipinski definition) is 1. The van der Waals surface area contributed by atoms with Crippen LogP contribution in [0.25, 0.3) is 0 Å². The summed E-state index contributed by atoms with van der Waals surface area (Å²) < 4.78 is 12.8. The van der Waals surface area contributed by atoms with Crippen molar-refractivity contribution in [3.05, 3.63) is 47.8 Å². The SMILES string of the molecule is C[C@H](NC1C=CCCC1)c1ccc(F)cc1. The molecular formula is C14H18FN. The molecule has 0 amide bonds. The Morgan fingerprint density at radius 3 is 2.69 bits per heavy atom. The monoisotopic (exact) mass is 219 g/mol. The molecule has 0 bridgehead atoms. The Morgan fingerprint density at radius 1 is 1.31 bits per heavy atom. The van der Waals surface area contributed by atoms with Crippen molar-refractivity contribution in [2.24, 2.45) is 0 Å². The Kier molecular flexibility index (Phi) is 3.73. The lowest BCUT2D eigenvalue weighted by Crippen LogP contribution is -2.30. The van der Waals surface area contributed by atoms with E-state index in [1.807, 2.05) is 12.1 Å². The van der Waals surface area contributed by atoms with Gasteiger partial charge in [0, 0.05) is 12.1 Å². The van der Waals surface area contributed by atoms with Gasteiger partial charge in [0.2, 0.25) is 0 Å². The molecule has 0 saturated carbocycles. The van der Waals surface area contributed by atoms with E-state index < -0.39 is 0 Å². The third-order valence-corrected chi connectivity index (χ3v) is 3.09. The zero-order valence-electron chi connectivity index (χ0n) is 9.62. The summed E-state index contributed by atoms with van der Waals surface area (Å²) in [5, 5.41) is 3.55. The van der Waals surface area contributed by atoms with E-state index in [4.69, 9.17) is 0 Å². The molecule has 1 aromatic carbocycles. The largest absolute Gasteiger partial charge is 0.304 e. The summed E-state index contributed by atoms with van der Waals surface area (Å²) in [7, 11) is 0. The van der Waals surface area contributed by atoms with Gasteiger partial charge in [-0.3, -0.25) is 0 Å². The first-order valence-electron chi connectivity index (χ1n) is 5.94. The van der Waals surface area contributed by atoms with Crippen LogP contribution in [0.15, 0.2) is 36.4 Å². The van der Waals surface area contributed by atoms with Crippen LogP contribution in [-0.4, -0.2) is 6.04 Å². The third kappa shape index (κ3) is 2.92. The highest BCUT2D eigenvalue weighted by Gasteiger charge is 2.12. The summed E-state index contributed by atoms with van der Waals surface area (Å²) in [6.45, 7) is 2.12. The summed E-state index contributed by atoms with van der Waals surface area (Å²) in [6.07, 6.45) is 8.12. The highest BCUT2D eigenvalue weighted by atomic mass is 19.1. The zero-order chi connectivity index (χ0) is 11.4. The molecule has 0 aromatic heterocycles. The summed E-state index contributed by atoms with van der Waals surface area (Å²) in [5.74, 6) is -0.173. The normalized spacial score (nSPS) is 22.0. The predicted molar refractivity (Wildman–Crippen MR) is 64.7 cm³/mol. The van der Waals surface area contributed by atoms with E-state index in [9.17, 15) is 4.39 Å². The quantitative estimate of drug-likeness (QED) is 0.766. The van der Waals surface area contributed by atoms with E-state index in [1.165, 1.54) is 31.4 Å². The Balaban J connectivity index is 1.96. The molecule has 0 radical (unpaired) electrons. The summed E-state index contributed by atoms with van der Waals surface area (Å²) >= 11 is 0. The fourth-order valence-electron chi connectivity index (χ4n) is 2.12. The van der Waals surface area contributed by atoms with E-state index >= 15 is 0 Å². The number of rotatable bonds is 3. The van der Waals surface area contributed by atoms with Gasteiger partial charge in [0.15, 0.2) is 0 Å². The predicted octanol–water partition coefficient (Wildman–Crippen LogP) is 3.59. The van der Waals surface area contributed by atoms with Gasteiger partial charge in [0.1, 0.15) is 5.82 Å². The molecule has 2 rings (SSSR count). The maximum absolute atomic E-state index is 12.8. The van der Waals surface area contributed by atoms with Crippen LogP contribution in [0, 0.1) is 5.82 Å². The molecule has 1 N–H and O–H groups in total. The lowest BCUT2D eigenvalue weighted by atomic mass is 10.0. The van der Waals surface area contributed by atoms with Crippen molar-refractivity contribution in [1.29, 1.82) is 0 Å². The molecule has 1 aliphatic rings. The second-order valence-corrected chi connectivity index (χ2v) is 4.41. The lowest BCUT2D eigenvalue weighted by molar-refractivity contribution is 0.467. The van der Waals surface area contributed by atoms with Crippen molar-refractivity contribution in [3.8, 4) is 0 Å². The molecule has 2 heteroatoms. The van der Waals surface area contributed by atoms with Crippen LogP contribution >= 0.6 is 0 Å². The van der Waals surface area contributed by atoms with Crippen LogP contribution in [-0.2, 0) is 0 Å². The highest BCUT2D eigenvalue weighted by molar-refractivity contribution is 5.19. The van der Waals surface area contributed by atoms with Gasteiger partial charge in [-0.05, 0) is 43.9 Å². The average Bonchev–Trinajstić information content (AvgIpc) is 2.31. The van der Waals surface area contributed by atoms with Gasteiger partial charge in [-0.1, -0.05) is 24.3 Å². The first-order valence-corrected chi connectivity index (χ1v) is 5.94. The molecule has 1 aliphatic carbocycles. The molecule has 1 unspecified atom stereocenters. The van der Waals surface area contributed by atoms with E-state index in [-0.39, 0.29) is 11.9 Å². The Hall–Kier alpha value is -1.15. The van der Waals surface area contributed by atoms with Crippen LogP contribution < -0.4 is 5.32 Å². The van der Waals surface area contributed by atoms with Gasteiger partial charge in [0.25, 0.3) is 0 Å². The molecule has 16 heavy (non-hydrogen) atoms. The standard InChI is InChI=1S/C14H18FN/c1-11(12-7-9-13(15)10-8-12)16-14-5-3-2-4-6-14/h3,5,7-11,14,16H,2,4,6H2,1H3/t11-,14?/m0/s1. The molecule has 0 spiro atoms. The van der Waals surface area contributed by atoms with E-state index in [1.54, 1.807) is 0 Å². The van der Waals surface area contributed by atoms with Gasteiger partial charge >= 0.3 is 0 Å². The Labute approximate surface area is 96.4 Å². The van der Waals surface area contributed by atoms with Crippen molar-refractivity contribution in [2.75, 3.05) is 0 Å². The molecule has 1 aromatic rings. The second-order valence-electron chi connectivity index (χ2n) is 4.41. The number of benzene rings is 1. The van der Waals surface area contributed by atoms with Crippen LogP contribution in [0.5, 0.6) is 0 Å². The van der Waals surface area contributed by atoms with Crippen LogP contribution in [0.1, 0.15) is 37.8 Å². The maximum atomic E-state index is 12.8. The fourth-order valence-corrected chi connectivity index (χ4v) is 2.12. The van der Waals surface area contributed by atoms with Gasteiger partial charge in [0.05, 0.1) is 0 Å². The lowest BCUT2D eigenvalue weighted by Gasteiger charge is -2.23. The van der Waals surface area contributed by atoms with Crippen molar-refractivity contribution >= 4 is 0 Å². The van der Waals surface area contributed by atoms with Crippen LogP contribution in [0.3, 0.4) is 0 Å². The summed E-state index contributed by atoms with van der Waals surface area (Å²) in [6, 6.07) is 7.47. The van der Waals surface area contributed by atoms with E-state index in [0.29, 0.717) is 6.04 Å². The first kappa shape index (κ1) is 11.3. The van der Waals surface area contributed by atoms with Gasteiger partial charge in [-0.15, -0.1) is 0 Å². The molecule has 0 saturated heterocycles. The number of hydrogen-bond donors (Lipinski definition) is 1. The molecule has 1 nitrogen and oxygen atoms in total. The zero-order valence-corrected chi connectivity index (χ0v) is 9.62. The van der Waals surface area contributed by atoms with Crippen LogP contribution in [0.4, 0.5) is 4.39 Å². The minimum atomic E-state index is -0.173. The number of halogens is 1. The second kappa shape index (κ2) is 5.26. The average molecular weight is 219 g/mol. The fraction of sp³-hybridized carbons (Fsp3) is 0.429. The van der Waals surface area contributed by atoms with Crippen molar-refractivity contribution in [1.82, 2.24) is 5.32 Å². The van der Waals surface area contributed by atoms with Crippen molar-refractivity contribution in [3.63, 3.8) is 0 Å². The van der Waals surface area contributed by atoms with Gasteiger partial charge in [-0.25, -0.2) is 4.39 Å². The van der Waals surface area contributed by atoms with Gasteiger partial charge in [-0.2, -0.15) is 0 Å². The van der Waals surface area contributed by atoms with Gasteiger partial charge < -0.3 is 5.32 Å². The molecule has 2 atom stereocenters. The molecule has 0 heterocycles. The highest BCUT2D eigenvalue weighted by Crippen LogP contribution is 2.17. The third-order valence-electron chi connectivity index (χ3n) is 3.09. The topological polar surface area (TPSA) is 12.0 Å². The number of allylic oxidation sites excluding steroid dienone is 1. The van der Waals surface area contributed by atoms with E-state index in [0.717, 1.165) is 5.56 Å². The Bertz CT molecular complexity index is 356. The summed E-state index contributed by atoms with van der Waals surface area (Å²) in [4.78, 5) is 0. The molecule has 86 valence electrons.